The SMILES string of the molecule is CCn1cc(CNCc2cnn(C)c2)c(C)n1. The molecule has 0 aliphatic carbocycles. The van der Waals surface area contributed by atoms with Gasteiger partial charge in [-0.3, -0.25) is 9.36 Å². The molecule has 0 aliphatic heterocycles. The number of hydrogen-bond donors (Lipinski definition) is 1. The lowest BCUT2D eigenvalue weighted by Crippen LogP contribution is -2.12. The maximum Gasteiger partial charge on any atom is 0.0638 e. The lowest BCUT2D eigenvalue weighted by Gasteiger charge is -2.01. The fraction of sp³-hybridized carbons (Fsp3) is 0.500. The second kappa shape index (κ2) is 5.14. The molecular weight excluding hydrogens is 214 g/mol. The molecule has 2 heterocycles. The third kappa shape index (κ3) is 2.94. The zero-order chi connectivity index (χ0) is 12.3. The second-order valence-corrected chi connectivity index (χ2v) is 4.22. The fourth-order valence-corrected chi connectivity index (χ4v) is 1.80. The maximum absolute atomic E-state index is 4.42. The second-order valence-electron chi connectivity index (χ2n) is 4.22. The van der Waals surface area contributed by atoms with Crippen molar-refractivity contribution in [3.8, 4) is 0 Å². The molecular formula is C12H19N5. The van der Waals surface area contributed by atoms with Gasteiger partial charge in [-0.1, -0.05) is 0 Å². The van der Waals surface area contributed by atoms with Crippen molar-refractivity contribution in [2.45, 2.75) is 33.5 Å². The fourth-order valence-electron chi connectivity index (χ4n) is 1.80. The molecule has 1 N–H and O–H groups in total. The Labute approximate surface area is 101 Å². The molecule has 2 aromatic rings. The maximum atomic E-state index is 4.42. The molecule has 5 heteroatoms. The Morgan fingerprint density at radius 3 is 2.71 bits per heavy atom. The molecule has 2 aromatic heterocycles. The number of aryl methyl sites for hydroxylation is 3. The van der Waals surface area contributed by atoms with Crippen LogP contribution in [0.25, 0.3) is 0 Å². The van der Waals surface area contributed by atoms with Crippen LogP contribution >= 0.6 is 0 Å². The largest absolute Gasteiger partial charge is 0.308 e. The normalized spacial score (nSPS) is 11.0. The Morgan fingerprint density at radius 2 is 2.12 bits per heavy atom. The molecule has 17 heavy (non-hydrogen) atoms. The molecule has 0 spiro atoms. The van der Waals surface area contributed by atoms with Crippen LogP contribution in [0, 0.1) is 6.92 Å². The Bertz CT molecular complexity index is 483. The number of aromatic nitrogens is 4. The number of hydrogen-bond acceptors (Lipinski definition) is 3. The van der Waals surface area contributed by atoms with Gasteiger partial charge in [0, 0.05) is 50.2 Å². The summed E-state index contributed by atoms with van der Waals surface area (Å²) in [7, 11) is 1.93. The van der Waals surface area contributed by atoms with Crippen molar-refractivity contribution in [2.24, 2.45) is 7.05 Å². The van der Waals surface area contributed by atoms with Crippen LogP contribution in [-0.2, 0) is 26.7 Å². The van der Waals surface area contributed by atoms with Gasteiger partial charge in [-0.15, -0.1) is 0 Å². The third-order valence-electron chi connectivity index (χ3n) is 2.77. The van der Waals surface area contributed by atoms with E-state index in [0.717, 1.165) is 25.3 Å². The Balaban J connectivity index is 1.87. The van der Waals surface area contributed by atoms with Crippen LogP contribution in [0.4, 0.5) is 0 Å². The van der Waals surface area contributed by atoms with Gasteiger partial charge in [-0.2, -0.15) is 10.2 Å². The first kappa shape index (κ1) is 11.9. The standard InChI is InChI=1S/C12H19N5/c1-4-17-9-12(10(2)15-17)7-13-5-11-6-14-16(3)8-11/h6,8-9,13H,4-5,7H2,1-3H3. The average Bonchev–Trinajstić information content (AvgIpc) is 2.86. The smallest absolute Gasteiger partial charge is 0.0638 e. The summed E-state index contributed by atoms with van der Waals surface area (Å²) in [6.07, 6.45) is 6.01. The first-order chi connectivity index (χ1) is 8.19. The van der Waals surface area contributed by atoms with Crippen molar-refractivity contribution in [3.05, 3.63) is 35.4 Å². The Morgan fingerprint density at radius 1 is 1.29 bits per heavy atom. The predicted octanol–water partition coefficient (Wildman–Crippen LogP) is 1.23. The molecule has 0 amide bonds. The zero-order valence-corrected chi connectivity index (χ0v) is 10.6. The van der Waals surface area contributed by atoms with E-state index in [2.05, 4.69) is 28.6 Å². The Kier molecular flexibility index (Phi) is 3.58. The van der Waals surface area contributed by atoms with Gasteiger partial charge in [0.2, 0.25) is 0 Å². The highest BCUT2D eigenvalue weighted by Crippen LogP contribution is 2.05. The summed E-state index contributed by atoms with van der Waals surface area (Å²) >= 11 is 0. The minimum atomic E-state index is 0.838. The van der Waals surface area contributed by atoms with E-state index in [9.17, 15) is 0 Å². The lowest BCUT2D eigenvalue weighted by molar-refractivity contribution is 0.651. The molecule has 0 bridgehead atoms. The van der Waals surface area contributed by atoms with E-state index in [1.165, 1.54) is 11.1 Å². The van der Waals surface area contributed by atoms with E-state index in [1.54, 1.807) is 0 Å². The van der Waals surface area contributed by atoms with E-state index < -0.39 is 0 Å². The molecule has 5 nitrogen and oxygen atoms in total. The molecule has 0 unspecified atom stereocenters. The van der Waals surface area contributed by atoms with Crippen LogP contribution in [0.5, 0.6) is 0 Å². The van der Waals surface area contributed by atoms with Crippen LogP contribution in [-0.4, -0.2) is 19.6 Å². The summed E-state index contributed by atoms with van der Waals surface area (Å²) in [5, 5.41) is 12.0. The van der Waals surface area contributed by atoms with Gasteiger partial charge in [-0.05, 0) is 13.8 Å². The van der Waals surface area contributed by atoms with Gasteiger partial charge < -0.3 is 5.32 Å². The summed E-state index contributed by atoms with van der Waals surface area (Å²) in [5.74, 6) is 0. The van der Waals surface area contributed by atoms with Crippen molar-refractivity contribution in [1.82, 2.24) is 24.9 Å². The molecule has 0 aromatic carbocycles. The number of nitrogens with one attached hydrogen (secondary N) is 1. The average molecular weight is 233 g/mol. The van der Waals surface area contributed by atoms with E-state index in [0.29, 0.717) is 0 Å². The molecule has 92 valence electrons. The molecule has 0 fully saturated rings. The highest BCUT2D eigenvalue weighted by molar-refractivity contribution is 5.15. The lowest BCUT2D eigenvalue weighted by atomic mass is 10.2. The van der Waals surface area contributed by atoms with Gasteiger partial charge in [0.05, 0.1) is 11.9 Å². The van der Waals surface area contributed by atoms with Crippen molar-refractivity contribution in [1.29, 1.82) is 0 Å². The minimum absolute atomic E-state index is 0.838. The number of nitrogens with zero attached hydrogens (tertiary/aromatic N) is 4. The highest BCUT2D eigenvalue weighted by Gasteiger charge is 2.03. The van der Waals surface area contributed by atoms with Gasteiger partial charge in [-0.25, -0.2) is 0 Å². The van der Waals surface area contributed by atoms with Crippen molar-refractivity contribution in [2.75, 3.05) is 0 Å². The summed E-state index contributed by atoms with van der Waals surface area (Å²) in [5.41, 5.74) is 3.56. The summed E-state index contributed by atoms with van der Waals surface area (Å²) in [4.78, 5) is 0. The molecule has 2 rings (SSSR count). The van der Waals surface area contributed by atoms with Crippen molar-refractivity contribution >= 4 is 0 Å². The highest BCUT2D eigenvalue weighted by atomic mass is 15.3. The molecule has 0 radical (unpaired) electrons. The van der Waals surface area contributed by atoms with Crippen molar-refractivity contribution in [3.63, 3.8) is 0 Å². The first-order valence-electron chi connectivity index (χ1n) is 5.90. The van der Waals surface area contributed by atoms with Crippen LogP contribution in [0.1, 0.15) is 23.7 Å². The van der Waals surface area contributed by atoms with Crippen LogP contribution in [0.2, 0.25) is 0 Å². The van der Waals surface area contributed by atoms with Crippen LogP contribution in [0.15, 0.2) is 18.6 Å². The van der Waals surface area contributed by atoms with E-state index in [1.807, 2.05) is 35.7 Å². The van der Waals surface area contributed by atoms with Gasteiger partial charge in [0.15, 0.2) is 0 Å². The van der Waals surface area contributed by atoms with Crippen LogP contribution in [0.3, 0.4) is 0 Å². The number of rotatable bonds is 5. The molecule has 0 saturated heterocycles. The summed E-state index contributed by atoms with van der Waals surface area (Å²) in [6.45, 7) is 6.75. The molecule has 0 aliphatic rings. The molecule has 0 atom stereocenters. The van der Waals surface area contributed by atoms with E-state index >= 15 is 0 Å². The third-order valence-corrected chi connectivity index (χ3v) is 2.77. The van der Waals surface area contributed by atoms with E-state index in [-0.39, 0.29) is 0 Å². The molecule has 0 saturated carbocycles. The van der Waals surface area contributed by atoms with Gasteiger partial charge >= 0.3 is 0 Å². The predicted molar refractivity (Wildman–Crippen MR) is 66.4 cm³/mol. The summed E-state index contributed by atoms with van der Waals surface area (Å²) < 4.78 is 3.79. The van der Waals surface area contributed by atoms with Gasteiger partial charge in [0.1, 0.15) is 0 Å². The van der Waals surface area contributed by atoms with Gasteiger partial charge in [0.25, 0.3) is 0 Å². The topological polar surface area (TPSA) is 47.7 Å². The monoisotopic (exact) mass is 233 g/mol. The first-order valence-corrected chi connectivity index (χ1v) is 5.90. The van der Waals surface area contributed by atoms with E-state index in [4.69, 9.17) is 0 Å². The summed E-state index contributed by atoms with van der Waals surface area (Å²) in [6, 6.07) is 0. The minimum Gasteiger partial charge on any atom is -0.308 e. The quantitative estimate of drug-likeness (QED) is 0.845. The Hall–Kier alpha value is -1.62. The zero-order valence-electron chi connectivity index (χ0n) is 10.6. The van der Waals surface area contributed by atoms with Crippen molar-refractivity contribution < 1.29 is 0 Å². The van der Waals surface area contributed by atoms with Crippen LogP contribution < -0.4 is 5.32 Å².